The maximum Gasteiger partial charge on any atom is 0.325 e. The number of carbonyl (C=O) groups is 2. The second-order valence-corrected chi connectivity index (χ2v) is 5.89. The monoisotopic (exact) mass is 384 g/mol. The molecule has 1 fully saturated rings. The number of thiocarbonyl (C=S) groups is 1. The second kappa shape index (κ2) is 7.71. The molecule has 0 atom stereocenters. The van der Waals surface area contributed by atoms with Gasteiger partial charge in [-0.3, -0.25) is 14.5 Å². The van der Waals surface area contributed by atoms with Crippen molar-refractivity contribution >= 4 is 46.9 Å². The van der Waals surface area contributed by atoms with Crippen LogP contribution >= 0.6 is 23.8 Å². The van der Waals surface area contributed by atoms with Gasteiger partial charge in [-0.15, -0.1) is 0 Å². The van der Waals surface area contributed by atoms with Crippen LogP contribution in [0.15, 0.2) is 17.8 Å². The van der Waals surface area contributed by atoms with Crippen LogP contribution in [-0.2, 0) is 14.3 Å². The van der Waals surface area contributed by atoms with Crippen molar-refractivity contribution in [3.63, 3.8) is 0 Å². The Balaban J connectivity index is 2.47. The average molecular weight is 385 g/mol. The summed E-state index contributed by atoms with van der Waals surface area (Å²) in [5.74, 6) is -0.878. The van der Waals surface area contributed by atoms with E-state index in [2.05, 4.69) is 4.74 Å². The van der Waals surface area contributed by atoms with Gasteiger partial charge in [0, 0.05) is 7.05 Å². The molecule has 1 amide bonds. The smallest absolute Gasteiger partial charge is 0.325 e. The van der Waals surface area contributed by atoms with E-state index in [1.165, 1.54) is 36.1 Å². The minimum Gasteiger partial charge on any atom is -0.503 e. The zero-order valence-corrected chi connectivity index (χ0v) is 15.5. The number of carbonyl (C=O) groups excluding carboxylic acids is 2. The topological polar surface area (TPSA) is 79.3 Å². The maximum atomic E-state index is 12.4. The Morgan fingerprint density at radius 2 is 2.12 bits per heavy atom. The number of phenolic OH excluding ortho intramolecular Hbond substituents is 1. The number of aromatic hydroxyl groups is 1. The molecular formula is C16H17ClN2O5S. The number of hydrogen-bond acceptors (Lipinski definition) is 6. The highest BCUT2D eigenvalue weighted by atomic mass is 35.5. The van der Waals surface area contributed by atoms with Gasteiger partial charge < -0.3 is 19.5 Å². The van der Waals surface area contributed by atoms with Gasteiger partial charge in [0.05, 0.1) is 18.7 Å². The van der Waals surface area contributed by atoms with E-state index in [0.717, 1.165) is 0 Å². The molecule has 7 nitrogen and oxygen atoms in total. The Hall–Kier alpha value is -2.32. The summed E-state index contributed by atoms with van der Waals surface area (Å²) >= 11 is 11.2. The Kier molecular flexibility index (Phi) is 5.86. The van der Waals surface area contributed by atoms with E-state index in [1.54, 1.807) is 13.0 Å². The Morgan fingerprint density at radius 3 is 2.72 bits per heavy atom. The SMILES string of the molecule is CCOc1cc(/C=C2/C(=O)N(C)C(=S)N2CC(=O)OC)cc(Cl)c1O. The molecule has 0 saturated carbocycles. The third-order valence-electron chi connectivity index (χ3n) is 3.50. The molecule has 1 heterocycles. The van der Waals surface area contributed by atoms with Crippen LogP contribution in [0.3, 0.4) is 0 Å². The minimum atomic E-state index is -0.532. The lowest BCUT2D eigenvalue weighted by Crippen LogP contribution is -2.33. The fraction of sp³-hybridized carbons (Fsp3) is 0.312. The van der Waals surface area contributed by atoms with Crippen molar-refractivity contribution in [1.82, 2.24) is 9.80 Å². The lowest BCUT2D eigenvalue weighted by Gasteiger charge is -2.17. The van der Waals surface area contributed by atoms with Gasteiger partial charge in [0.15, 0.2) is 16.6 Å². The number of halogens is 1. The van der Waals surface area contributed by atoms with E-state index in [1.807, 2.05) is 0 Å². The van der Waals surface area contributed by atoms with E-state index < -0.39 is 5.97 Å². The summed E-state index contributed by atoms with van der Waals surface area (Å²) in [6, 6.07) is 3.03. The van der Waals surface area contributed by atoms with Crippen LogP contribution in [0.25, 0.3) is 6.08 Å². The number of amides is 1. The van der Waals surface area contributed by atoms with Gasteiger partial charge >= 0.3 is 5.97 Å². The molecule has 0 bridgehead atoms. The summed E-state index contributed by atoms with van der Waals surface area (Å²) in [5, 5.41) is 10.2. The van der Waals surface area contributed by atoms with Crippen molar-refractivity contribution in [3.8, 4) is 11.5 Å². The summed E-state index contributed by atoms with van der Waals surface area (Å²) in [5.41, 5.74) is 0.713. The van der Waals surface area contributed by atoms with Gasteiger partial charge in [0.25, 0.3) is 5.91 Å². The highest BCUT2D eigenvalue weighted by Crippen LogP contribution is 2.36. The molecule has 0 spiro atoms. The van der Waals surface area contributed by atoms with Gasteiger partial charge in [0.2, 0.25) is 0 Å². The van der Waals surface area contributed by atoms with Crippen LogP contribution < -0.4 is 4.74 Å². The Morgan fingerprint density at radius 1 is 1.44 bits per heavy atom. The molecular weight excluding hydrogens is 368 g/mol. The molecule has 0 radical (unpaired) electrons. The predicted octanol–water partition coefficient (Wildman–Crippen LogP) is 2.02. The fourth-order valence-electron chi connectivity index (χ4n) is 2.24. The number of phenols is 1. The Bertz CT molecular complexity index is 765. The first-order valence-corrected chi connectivity index (χ1v) is 8.12. The van der Waals surface area contributed by atoms with Crippen molar-refractivity contribution in [2.24, 2.45) is 0 Å². The fourth-order valence-corrected chi connectivity index (χ4v) is 2.71. The molecule has 0 aliphatic carbocycles. The highest BCUT2D eigenvalue weighted by Gasteiger charge is 2.36. The molecule has 9 heteroatoms. The van der Waals surface area contributed by atoms with Gasteiger partial charge in [0.1, 0.15) is 12.2 Å². The lowest BCUT2D eigenvalue weighted by molar-refractivity contribution is -0.140. The molecule has 1 N–H and O–H groups in total. The molecule has 0 aromatic heterocycles. The largest absolute Gasteiger partial charge is 0.503 e. The zero-order chi connectivity index (χ0) is 18.7. The van der Waals surface area contributed by atoms with Crippen LogP contribution in [-0.4, -0.2) is 59.2 Å². The van der Waals surface area contributed by atoms with Crippen molar-refractivity contribution in [1.29, 1.82) is 0 Å². The van der Waals surface area contributed by atoms with Crippen molar-refractivity contribution < 1.29 is 24.2 Å². The van der Waals surface area contributed by atoms with Crippen LogP contribution in [0.2, 0.25) is 5.02 Å². The molecule has 1 aromatic rings. The summed E-state index contributed by atoms with van der Waals surface area (Å²) < 4.78 is 9.97. The van der Waals surface area contributed by atoms with E-state index >= 15 is 0 Å². The number of nitrogens with zero attached hydrogens (tertiary/aromatic N) is 2. The molecule has 1 aliphatic heterocycles. The third-order valence-corrected chi connectivity index (χ3v) is 4.28. The first kappa shape index (κ1) is 19.0. The standard InChI is InChI=1S/C16H17ClN2O5S/c1-4-24-12-7-9(5-10(17)14(12)21)6-11-15(22)18(2)16(25)19(11)8-13(20)23-3/h5-7,21H,4,8H2,1-3H3/b11-6-. The summed E-state index contributed by atoms with van der Waals surface area (Å²) in [4.78, 5) is 26.7. The summed E-state index contributed by atoms with van der Waals surface area (Å²) in [6.45, 7) is 1.91. The van der Waals surface area contributed by atoms with Crippen LogP contribution in [0, 0.1) is 0 Å². The number of esters is 1. The first-order chi connectivity index (χ1) is 11.8. The molecule has 2 rings (SSSR count). The second-order valence-electron chi connectivity index (χ2n) is 5.12. The summed E-state index contributed by atoms with van der Waals surface area (Å²) in [6.07, 6.45) is 1.52. The van der Waals surface area contributed by atoms with Crippen LogP contribution in [0.4, 0.5) is 0 Å². The Labute approximate surface area is 155 Å². The van der Waals surface area contributed by atoms with Crippen molar-refractivity contribution in [2.45, 2.75) is 6.92 Å². The number of rotatable bonds is 5. The molecule has 0 unspecified atom stereocenters. The molecule has 1 aliphatic rings. The first-order valence-electron chi connectivity index (χ1n) is 7.33. The van der Waals surface area contributed by atoms with E-state index in [4.69, 9.17) is 28.6 Å². The normalized spacial score (nSPS) is 15.9. The van der Waals surface area contributed by atoms with E-state index in [0.29, 0.717) is 12.2 Å². The third kappa shape index (κ3) is 3.85. The van der Waals surface area contributed by atoms with Crippen molar-refractivity contribution in [3.05, 3.63) is 28.4 Å². The van der Waals surface area contributed by atoms with Gasteiger partial charge in [-0.05, 0) is 42.9 Å². The highest BCUT2D eigenvalue weighted by molar-refractivity contribution is 7.80. The van der Waals surface area contributed by atoms with Crippen LogP contribution in [0.5, 0.6) is 11.5 Å². The predicted molar refractivity (Wildman–Crippen MR) is 96.4 cm³/mol. The molecule has 25 heavy (non-hydrogen) atoms. The zero-order valence-electron chi connectivity index (χ0n) is 13.9. The average Bonchev–Trinajstić information content (AvgIpc) is 2.77. The van der Waals surface area contributed by atoms with Crippen molar-refractivity contribution in [2.75, 3.05) is 27.3 Å². The number of benzene rings is 1. The van der Waals surface area contributed by atoms with Crippen LogP contribution in [0.1, 0.15) is 12.5 Å². The maximum absolute atomic E-state index is 12.4. The van der Waals surface area contributed by atoms with Gasteiger partial charge in [-0.1, -0.05) is 11.6 Å². The van der Waals surface area contributed by atoms with E-state index in [9.17, 15) is 14.7 Å². The van der Waals surface area contributed by atoms with Gasteiger partial charge in [-0.2, -0.15) is 0 Å². The quantitative estimate of drug-likeness (QED) is 0.472. The number of ether oxygens (including phenoxy) is 2. The lowest BCUT2D eigenvalue weighted by atomic mass is 10.1. The summed E-state index contributed by atoms with van der Waals surface area (Å²) in [7, 11) is 2.77. The number of hydrogen-bond donors (Lipinski definition) is 1. The molecule has 1 aromatic carbocycles. The number of methoxy groups -OCH3 is 1. The number of likely N-dealkylation sites (N-methyl/N-ethyl adjacent to an activating group) is 1. The minimum absolute atomic E-state index is 0.0821. The molecule has 134 valence electrons. The molecule has 1 saturated heterocycles. The van der Waals surface area contributed by atoms with E-state index in [-0.39, 0.29) is 39.8 Å². The van der Waals surface area contributed by atoms with Gasteiger partial charge in [-0.25, -0.2) is 0 Å².